The lowest BCUT2D eigenvalue weighted by atomic mass is 10.3. The topological polar surface area (TPSA) is 71.2 Å². The number of pyridine rings is 1. The minimum atomic E-state index is -0.181. The van der Waals surface area contributed by atoms with Gasteiger partial charge < -0.3 is 16.0 Å². The minimum absolute atomic E-state index is 0.181. The third-order valence-corrected chi connectivity index (χ3v) is 2.20. The van der Waals surface area contributed by atoms with Crippen molar-refractivity contribution in [1.82, 2.24) is 9.88 Å². The van der Waals surface area contributed by atoms with Gasteiger partial charge in [-0.1, -0.05) is 28.6 Å². The second-order valence-electron chi connectivity index (χ2n) is 3.78. The molecule has 0 atom stereocenters. The highest BCUT2D eigenvalue weighted by molar-refractivity contribution is 9.11. The first kappa shape index (κ1) is 14.2. The van der Waals surface area contributed by atoms with Gasteiger partial charge in [-0.3, -0.25) is 4.79 Å². The zero-order valence-electron chi connectivity index (χ0n) is 10.3. The van der Waals surface area contributed by atoms with E-state index in [1.54, 1.807) is 38.4 Å². The Bertz CT molecular complexity index is 497. The zero-order chi connectivity index (χ0) is 13.7. The molecule has 3 N–H and O–H groups in total. The Kier molecular flexibility index (Phi) is 4.91. The molecule has 1 aromatic rings. The van der Waals surface area contributed by atoms with Crippen molar-refractivity contribution in [3.8, 4) is 0 Å². The standard InChI is InChI=1S/C12H15BrN4O/c1-8(13)7-9(12(18)17(2)3)15-11-6-4-5-10(14)16-11/h4-7H,1H2,2-3H3,(H3,14,15,16)/b9-7+. The number of nitrogens with two attached hydrogens (primary N) is 1. The predicted molar refractivity (Wildman–Crippen MR) is 77.1 cm³/mol. The first-order chi connectivity index (χ1) is 8.40. The lowest BCUT2D eigenvalue weighted by Crippen LogP contribution is -2.27. The van der Waals surface area contributed by atoms with Gasteiger partial charge in [0.2, 0.25) is 0 Å². The molecule has 0 fully saturated rings. The number of amides is 1. The fourth-order valence-electron chi connectivity index (χ4n) is 1.21. The van der Waals surface area contributed by atoms with Crippen LogP contribution in [-0.2, 0) is 4.79 Å². The summed E-state index contributed by atoms with van der Waals surface area (Å²) in [5, 5.41) is 2.92. The van der Waals surface area contributed by atoms with Crippen molar-refractivity contribution in [2.75, 3.05) is 25.1 Å². The summed E-state index contributed by atoms with van der Waals surface area (Å²) < 4.78 is 0.587. The number of anilines is 2. The van der Waals surface area contributed by atoms with Crippen LogP contribution >= 0.6 is 15.9 Å². The Labute approximate surface area is 115 Å². The summed E-state index contributed by atoms with van der Waals surface area (Å²) in [4.78, 5) is 17.5. The molecule has 6 heteroatoms. The molecular formula is C12H15BrN4O. The zero-order valence-corrected chi connectivity index (χ0v) is 11.9. The van der Waals surface area contributed by atoms with E-state index in [2.05, 4.69) is 32.8 Å². The first-order valence-electron chi connectivity index (χ1n) is 5.17. The van der Waals surface area contributed by atoms with E-state index in [0.29, 0.717) is 21.8 Å². The van der Waals surface area contributed by atoms with Crippen LogP contribution in [0.4, 0.5) is 11.6 Å². The van der Waals surface area contributed by atoms with Gasteiger partial charge in [0.1, 0.15) is 17.3 Å². The number of hydrogen-bond donors (Lipinski definition) is 2. The van der Waals surface area contributed by atoms with Gasteiger partial charge in [0, 0.05) is 18.6 Å². The Morgan fingerprint density at radius 2 is 2.22 bits per heavy atom. The van der Waals surface area contributed by atoms with E-state index in [4.69, 9.17) is 5.73 Å². The van der Waals surface area contributed by atoms with E-state index in [-0.39, 0.29) is 5.91 Å². The van der Waals surface area contributed by atoms with Crippen LogP contribution in [0.5, 0.6) is 0 Å². The molecule has 0 aromatic carbocycles. The molecule has 0 radical (unpaired) electrons. The molecular weight excluding hydrogens is 296 g/mol. The van der Waals surface area contributed by atoms with Crippen molar-refractivity contribution in [2.24, 2.45) is 0 Å². The van der Waals surface area contributed by atoms with Gasteiger partial charge in [-0.15, -0.1) is 0 Å². The lowest BCUT2D eigenvalue weighted by molar-refractivity contribution is -0.124. The summed E-state index contributed by atoms with van der Waals surface area (Å²) in [6.07, 6.45) is 1.59. The van der Waals surface area contributed by atoms with Gasteiger partial charge in [-0.25, -0.2) is 4.98 Å². The molecule has 0 aliphatic carbocycles. The smallest absolute Gasteiger partial charge is 0.269 e. The van der Waals surface area contributed by atoms with E-state index in [0.717, 1.165) is 0 Å². The van der Waals surface area contributed by atoms with Gasteiger partial charge in [0.15, 0.2) is 0 Å². The van der Waals surface area contributed by atoms with Gasteiger partial charge in [0.05, 0.1) is 0 Å². The molecule has 0 unspecified atom stereocenters. The summed E-state index contributed by atoms with van der Waals surface area (Å²) in [7, 11) is 3.34. The Morgan fingerprint density at radius 3 is 2.72 bits per heavy atom. The maximum Gasteiger partial charge on any atom is 0.269 e. The van der Waals surface area contributed by atoms with Crippen LogP contribution in [-0.4, -0.2) is 29.9 Å². The number of likely N-dealkylation sites (N-methyl/N-ethyl adjacent to an activating group) is 1. The van der Waals surface area contributed by atoms with Crippen LogP contribution < -0.4 is 11.1 Å². The highest BCUT2D eigenvalue weighted by atomic mass is 79.9. The van der Waals surface area contributed by atoms with E-state index in [9.17, 15) is 4.79 Å². The number of carbonyl (C=O) groups is 1. The largest absolute Gasteiger partial charge is 0.384 e. The molecule has 1 aromatic heterocycles. The van der Waals surface area contributed by atoms with Gasteiger partial charge in [0.25, 0.3) is 5.91 Å². The molecule has 5 nitrogen and oxygen atoms in total. The van der Waals surface area contributed by atoms with E-state index < -0.39 is 0 Å². The summed E-state index contributed by atoms with van der Waals surface area (Å²) in [5.74, 6) is 0.708. The van der Waals surface area contributed by atoms with Gasteiger partial charge in [-0.05, 0) is 18.2 Å². The van der Waals surface area contributed by atoms with Gasteiger partial charge in [-0.2, -0.15) is 0 Å². The summed E-state index contributed by atoms with van der Waals surface area (Å²) in [5.41, 5.74) is 5.94. The molecule has 1 amide bonds. The van der Waals surface area contributed by atoms with Crippen LogP contribution in [0.3, 0.4) is 0 Å². The Hall–Kier alpha value is -1.82. The van der Waals surface area contributed by atoms with Crippen molar-refractivity contribution < 1.29 is 4.79 Å². The molecule has 0 bridgehead atoms. The number of nitrogens with one attached hydrogen (secondary N) is 1. The first-order valence-corrected chi connectivity index (χ1v) is 5.96. The van der Waals surface area contributed by atoms with Crippen LogP contribution in [0.25, 0.3) is 0 Å². The molecule has 0 spiro atoms. The monoisotopic (exact) mass is 310 g/mol. The minimum Gasteiger partial charge on any atom is -0.384 e. The predicted octanol–water partition coefficient (Wildman–Crippen LogP) is 1.96. The second-order valence-corrected chi connectivity index (χ2v) is 4.80. The molecule has 0 aliphatic rings. The Balaban J connectivity index is 3.00. The van der Waals surface area contributed by atoms with E-state index in [1.165, 1.54) is 4.90 Å². The van der Waals surface area contributed by atoms with Gasteiger partial charge >= 0.3 is 0 Å². The lowest BCUT2D eigenvalue weighted by Gasteiger charge is -2.15. The van der Waals surface area contributed by atoms with Crippen molar-refractivity contribution in [3.05, 3.63) is 41.0 Å². The number of hydrogen-bond acceptors (Lipinski definition) is 4. The normalized spacial score (nSPS) is 10.9. The maximum absolute atomic E-state index is 11.9. The number of carbonyl (C=O) groups excluding carboxylic acids is 1. The van der Waals surface area contributed by atoms with Crippen LogP contribution in [0, 0.1) is 0 Å². The average molecular weight is 311 g/mol. The summed E-state index contributed by atoms with van der Waals surface area (Å²) in [6, 6.07) is 5.15. The maximum atomic E-state index is 11.9. The van der Waals surface area contributed by atoms with Crippen LogP contribution in [0.15, 0.2) is 41.0 Å². The highest BCUT2D eigenvalue weighted by Gasteiger charge is 2.12. The number of halogens is 1. The SMILES string of the molecule is C=C(Br)/C=C(/Nc1cccc(N)n1)C(=O)N(C)C. The van der Waals surface area contributed by atoms with Crippen molar-refractivity contribution in [1.29, 1.82) is 0 Å². The number of nitrogens with zero attached hydrogens (tertiary/aromatic N) is 2. The molecule has 0 aliphatic heterocycles. The van der Waals surface area contributed by atoms with Crippen LogP contribution in [0.1, 0.15) is 0 Å². The molecule has 96 valence electrons. The second kappa shape index (κ2) is 6.20. The number of allylic oxidation sites excluding steroid dienone is 2. The third-order valence-electron chi connectivity index (χ3n) is 1.97. The van der Waals surface area contributed by atoms with Crippen LogP contribution in [0.2, 0.25) is 0 Å². The number of rotatable bonds is 4. The fourth-order valence-corrected chi connectivity index (χ4v) is 1.44. The molecule has 1 heterocycles. The van der Waals surface area contributed by atoms with E-state index in [1.807, 2.05) is 0 Å². The molecule has 0 saturated carbocycles. The summed E-state index contributed by atoms with van der Waals surface area (Å²) >= 11 is 3.19. The average Bonchev–Trinajstić information content (AvgIpc) is 2.26. The van der Waals surface area contributed by atoms with Crippen molar-refractivity contribution in [2.45, 2.75) is 0 Å². The highest BCUT2D eigenvalue weighted by Crippen LogP contribution is 2.13. The number of aromatic nitrogens is 1. The van der Waals surface area contributed by atoms with Crippen molar-refractivity contribution in [3.63, 3.8) is 0 Å². The summed E-state index contributed by atoms with van der Waals surface area (Å²) in [6.45, 7) is 3.68. The molecule has 0 saturated heterocycles. The van der Waals surface area contributed by atoms with Crippen molar-refractivity contribution >= 4 is 33.5 Å². The quantitative estimate of drug-likeness (QED) is 0.659. The Morgan fingerprint density at radius 1 is 1.56 bits per heavy atom. The number of nitrogen functional groups attached to an aromatic ring is 1. The third kappa shape index (κ3) is 4.21. The molecule has 18 heavy (non-hydrogen) atoms. The van der Waals surface area contributed by atoms with E-state index >= 15 is 0 Å². The fraction of sp³-hybridized carbons (Fsp3) is 0.167. The molecule has 1 rings (SSSR count).